The minimum absolute atomic E-state index is 0.0144. The van der Waals surface area contributed by atoms with Crippen LogP contribution in [0.25, 0.3) is 0 Å². The molecule has 0 aromatic heterocycles. The van der Waals surface area contributed by atoms with Crippen molar-refractivity contribution in [1.82, 2.24) is 0 Å². The van der Waals surface area contributed by atoms with Gasteiger partial charge in [0.15, 0.2) is 0 Å². The SMILES string of the molecule is c1ccc(C2COC3(SCCS3)S2)cc1. The molecular weight excluding hydrogens is 244 g/mol. The van der Waals surface area contributed by atoms with Crippen molar-refractivity contribution < 1.29 is 4.74 Å². The molecule has 1 unspecified atom stereocenters. The first-order chi connectivity index (χ1) is 7.38. The van der Waals surface area contributed by atoms with Crippen LogP contribution in [0.4, 0.5) is 0 Å². The van der Waals surface area contributed by atoms with E-state index in [2.05, 4.69) is 30.3 Å². The van der Waals surface area contributed by atoms with Crippen LogP contribution in [-0.2, 0) is 4.74 Å². The summed E-state index contributed by atoms with van der Waals surface area (Å²) in [5.41, 5.74) is 1.40. The van der Waals surface area contributed by atoms with E-state index in [0.717, 1.165) is 6.61 Å². The molecule has 2 saturated heterocycles. The standard InChI is InChI=1S/C11H12OS3/c1-2-4-9(5-3-1)10-8-12-11(15-10)13-6-7-14-11/h1-5,10H,6-8H2. The number of hydrogen-bond acceptors (Lipinski definition) is 4. The van der Waals surface area contributed by atoms with E-state index in [1.807, 2.05) is 35.3 Å². The summed E-state index contributed by atoms with van der Waals surface area (Å²) in [5.74, 6) is 2.44. The molecule has 15 heavy (non-hydrogen) atoms. The molecule has 0 amide bonds. The first-order valence-corrected chi connectivity index (χ1v) is 7.88. The molecule has 1 spiro atoms. The number of hydrogen-bond donors (Lipinski definition) is 0. The first kappa shape index (κ1) is 10.4. The topological polar surface area (TPSA) is 9.23 Å². The largest absolute Gasteiger partial charge is 0.344 e. The summed E-state index contributed by atoms with van der Waals surface area (Å²) in [6, 6.07) is 10.7. The number of benzene rings is 1. The smallest absolute Gasteiger partial charge is 0.209 e. The zero-order valence-corrected chi connectivity index (χ0v) is 10.7. The molecule has 1 aromatic carbocycles. The Balaban J connectivity index is 1.76. The Hall–Kier alpha value is 0.230. The van der Waals surface area contributed by atoms with E-state index in [1.54, 1.807) is 0 Å². The second-order valence-electron chi connectivity index (χ2n) is 3.53. The van der Waals surface area contributed by atoms with Crippen LogP contribution >= 0.6 is 35.3 Å². The van der Waals surface area contributed by atoms with Crippen molar-refractivity contribution in [3.63, 3.8) is 0 Å². The van der Waals surface area contributed by atoms with Gasteiger partial charge < -0.3 is 4.74 Å². The monoisotopic (exact) mass is 256 g/mol. The maximum atomic E-state index is 5.96. The van der Waals surface area contributed by atoms with Gasteiger partial charge in [0.2, 0.25) is 3.60 Å². The quantitative estimate of drug-likeness (QED) is 0.759. The molecule has 0 radical (unpaired) electrons. The molecule has 4 heteroatoms. The molecule has 3 rings (SSSR count). The lowest BCUT2D eigenvalue weighted by Crippen LogP contribution is -2.08. The minimum Gasteiger partial charge on any atom is -0.344 e. The summed E-state index contributed by atoms with van der Waals surface area (Å²) in [7, 11) is 0. The number of rotatable bonds is 1. The predicted molar refractivity (Wildman–Crippen MR) is 70.4 cm³/mol. The summed E-state index contributed by atoms with van der Waals surface area (Å²) >= 11 is 5.89. The van der Waals surface area contributed by atoms with Gasteiger partial charge in [0.1, 0.15) is 0 Å². The van der Waals surface area contributed by atoms with Crippen LogP contribution < -0.4 is 0 Å². The van der Waals surface area contributed by atoms with E-state index in [4.69, 9.17) is 4.74 Å². The van der Waals surface area contributed by atoms with E-state index in [-0.39, 0.29) is 3.60 Å². The highest BCUT2D eigenvalue weighted by Gasteiger charge is 2.45. The lowest BCUT2D eigenvalue weighted by molar-refractivity contribution is 0.166. The summed E-state index contributed by atoms with van der Waals surface area (Å²) in [4.78, 5) is 0. The lowest BCUT2D eigenvalue weighted by atomic mass is 10.2. The Labute approximate surface area is 103 Å². The van der Waals surface area contributed by atoms with Gasteiger partial charge in [-0.1, -0.05) is 42.1 Å². The van der Waals surface area contributed by atoms with Crippen molar-refractivity contribution >= 4 is 35.3 Å². The van der Waals surface area contributed by atoms with E-state index in [0.29, 0.717) is 5.25 Å². The van der Waals surface area contributed by atoms with E-state index >= 15 is 0 Å². The average Bonchev–Trinajstić information content (AvgIpc) is 2.91. The molecule has 2 fully saturated rings. The molecular formula is C11H12OS3. The third kappa shape index (κ3) is 2.05. The van der Waals surface area contributed by atoms with Crippen LogP contribution in [-0.4, -0.2) is 21.7 Å². The normalized spacial score (nSPS) is 28.7. The molecule has 0 saturated carbocycles. The zero-order chi connectivity index (χ0) is 10.1. The van der Waals surface area contributed by atoms with Crippen LogP contribution in [0.3, 0.4) is 0 Å². The van der Waals surface area contributed by atoms with Crippen molar-refractivity contribution in [2.24, 2.45) is 0 Å². The van der Waals surface area contributed by atoms with Gasteiger partial charge >= 0.3 is 0 Å². The second-order valence-corrected chi connectivity index (χ2v) is 8.22. The summed E-state index contributed by atoms with van der Waals surface area (Å²) in [6.45, 7) is 0.856. The Morgan fingerprint density at radius 3 is 2.60 bits per heavy atom. The Morgan fingerprint density at radius 2 is 1.87 bits per heavy atom. The van der Waals surface area contributed by atoms with Gasteiger partial charge in [0.05, 0.1) is 11.9 Å². The van der Waals surface area contributed by atoms with E-state index < -0.39 is 0 Å². The Morgan fingerprint density at radius 1 is 1.13 bits per heavy atom. The first-order valence-electron chi connectivity index (χ1n) is 5.03. The van der Waals surface area contributed by atoms with Crippen molar-refractivity contribution in [2.45, 2.75) is 8.85 Å². The number of ether oxygens (including phenoxy) is 1. The Kier molecular flexibility index (Phi) is 2.94. The fourth-order valence-corrected chi connectivity index (χ4v) is 6.74. The number of thioether (sulfide) groups is 3. The Bertz CT molecular complexity index is 335. The summed E-state index contributed by atoms with van der Waals surface area (Å²) < 4.78 is 5.97. The van der Waals surface area contributed by atoms with Gasteiger partial charge in [0, 0.05) is 11.5 Å². The highest BCUT2D eigenvalue weighted by atomic mass is 32.3. The van der Waals surface area contributed by atoms with Gasteiger partial charge in [-0.2, -0.15) is 0 Å². The van der Waals surface area contributed by atoms with Gasteiger partial charge in [-0.25, -0.2) is 0 Å². The molecule has 2 heterocycles. The highest BCUT2D eigenvalue weighted by molar-refractivity contribution is 8.35. The fourth-order valence-electron chi connectivity index (χ4n) is 1.78. The third-order valence-corrected chi connectivity index (χ3v) is 7.62. The molecule has 0 bridgehead atoms. The molecule has 1 atom stereocenters. The maximum absolute atomic E-state index is 5.96. The van der Waals surface area contributed by atoms with Gasteiger partial charge in [-0.3, -0.25) is 0 Å². The van der Waals surface area contributed by atoms with Crippen LogP contribution in [0.1, 0.15) is 10.8 Å². The van der Waals surface area contributed by atoms with Crippen molar-refractivity contribution in [2.75, 3.05) is 18.1 Å². The fraction of sp³-hybridized carbons (Fsp3) is 0.455. The van der Waals surface area contributed by atoms with E-state index in [1.165, 1.54) is 17.1 Å². The maximum Gasteiger partial charge on any atom is 0.209 e. The molecule has 2 aliphatic heterocycles. The van der Waals surface area contributed by atoms with Crippen LogP contribution in [0.5, 0.6) is 0 Å². The molecule has 80 valence electrons. The minimum atomic E-state index is 0.0144. The van der Waals surface area contributed by atoms with Gasteiger partial charge in [0.25, 0.3) is 0 Å². The summed E-state index contributed by atoms with van der Waals surface area (Å²) in [5, 5.41) is 0.518. The molecule has 1 nitrogen and oxygen atoms in total. The van der Waals surface area contributed by atoms with Gasteiger partial charge in [-0.05, 0) is 5.56 Å². The van der Waals surface area contributed by atoms with Crippen LogP contribution in [0, 0.1) is 0 Å². The van der Waals surface area contributed by atoms with Crippen LogP contribution in [0.15, 0.2) is 30.3 Å². The lowest BCUT2D eigenvalue weighted by Gasteiger charge is -2.18. The molecule has 0 aliphatic carbocycles. The average molecular weight is 256 g/mol. The van der Waals surface area contributed by atoms with Crippen molar-refractivity contribution in [3.8, 4) is 0 Å². The van der Waals surface area contributed by atoms with Gasteiger partial charge in [-0.15, -0.1) is 23.5 Å². The zero-order valence-electron chi connectivity index (χ0n) is 8.22. The molecule has 1 aromatic rings. The molecule has 0 N–H and O–H groups in total. The van der Waals surface area contributed by atoms with E-state index in [9.17, 15) is 0 Å². The summed E-state index contributed by atoms with van der Waals surface area (Å²) in [6.07, 6.45) is 0. The van der Waals surface area contributed by atoms with Crippen molar-refractivity contribution in [3.05, 3.63) is 35.9 Å². The molecule has 2 aliphatic rings. The third-order valence-electron chi connectivity index (χ3n) is 2.51. The van der Waals surface area contributed by atoms with Crippen molar-refractivity contribution in [1.29, 1.82) is 0 Å². The predicted octanol–water partition coefficient (Wildman–Crippen LogP) is 3.58. The highest BCUT2D eigenvalue weighted by Crippen LogP contribution is 2.61. The second kappa shape index (κ2) is 4.24. The van der Waals surface area contributed by atoms with Crippen LogP contribution in [0.2, 0.25) is 0 Å².